The van der Waals surface area contributed by atoms with Gasteiger partial charge in [-0.3, -0.25) is 4.79 Å². The number of halogens is 1. The van der Waals surface area contributed by atoms with E-state index in [4.69, 9.17) is 16.6 Å². The molecule has 7 nitrogen and oxygen atoms in total. The monoisotopic (exact) mass is 483 g/mol. The minimum Gasteiger partial charge on any atom is -0.393 e. The number of hydrogen-bond acceptors (Lipinski definition) is 6. The highest BCUT2D eigenvalue weighted by atomic mass is 35.5. The first kappa shape index (κ1) is 23.4. The van der Waals surface area contributed by atoms with Crippen LogP contribution in [0.1, 0.15) is 66.4 Å². The molecule has 0 atom stereocenters. The molecule has 0 radical (unpaired) electrons. The fraction of sp³-hybridized carbons (Fsp3) is 0.577. The fourth-order valence-electron chi connectivity index (χ4n) is 5.13. The summed E-state index contributed by atoms with van der Waals surface area (Å²) in [6.07, 6.45) is 8.73. The van der Waals surface area contributed by atoms with Crippen LogP contribution >= 0.6 is 11.6 Å². The average Bonchev–Trinajstić information content (AvgIpc) is 3.47. The van der Waals surface area contributed by atoms with E-state index in [0.717, 1.165) is 54.9 Å². The molecule has 1 amide bonds. The number of anilines is 2. The molecule has 3 N–H and O–H groups in total. The second-order valence-electron chi connectivity index (χ2n) is 10.4. The lowest BCUT2D eigenvalue weighted by atomic mass is 9.87. The summed E-state index contributed by atoms with van der Waals surface area (Å²) in [4.78, 5) is 24.7. The lowest BCUT2D eigenvalue weighted by molar-refractivity contribution is 0.0910. The molecule has 5 rings (SSSR count). The van der Waals surface area contributed by atoms with E-state index in [2.05, 4.69) is 20.5 Å². The highest BCUT2D eigenvalue weighted by Gasteiger charge is 2.48. The van der Waals surface area contributed by atoms with Crippen LogP contribution in [0.2, 0.25) is 5.02 Å². The van der Waals surface area contributed by atoms with E-state index in [1.807, 2.05) is 25.1 Å². The van der Waals surface area contributed by atoms with E-state index in [0.29, 0.717) is 41.8 Å². The van der Waals surface area contributed by atoms with Crippen molar-refractivity contribution in [2.75, 3.05) is 29.9 Å². The zero-order valence-corrected chi connectivity index (χ0v) is 20.6. The molecular weight excluding hydrogens is 450 g/mol. The first-order chi connectivity index (χ1) is 16.4. The minimum absolute atomic E-state index is 0.165. The van der Waals surface area contributed by atoms with Gasteiger partial charge in [-0.05, 0) is 80.4 Å². The predicted molar refractivity (Wildman–Crippen MR) is 134 cm³/mol. The van der Waals surface area contributed by atoms with Crippen LogP contribution in [0.4, 0.5) is 11.8 Å². The number of nitrogens with zero attached hydrogens (tertiary/aromatic N) is 3. The molecule has 1 saturated heterocycles. The van der Waals surface area contributed by atoms with Gasteiger partial charge in [-0.2, -0.15) is 4.98 Å². The molecule has 2 heterocycles. The van der Waals surface area contributed by atoms with Gasteiger partial charge in [-0.15, -0.1) is 0 Å². The Morgan fingerprint density at radius 1 is 1.24 bits per heavy atom. The average molecular weight is 484 g/mol. The van der Waals surface area contributed by atoms with Crippen molar-refractivity contribution >= 4 is 29.3 Å². The molecule has 1 aromatic carbocycles. The molecule has 1 aromatic heterocycles. The number of benzene rings is 1. The predicted octanol–water partition coefficient (Wildman–Crippen LogP) is 4.32. The van der Waals surface area contributed by atoms with Crippen LogP contribution in [-0.4, -0.2) is 46.7 Å². The molecule has 2 aliphatic carbocycles. The second kappa shape index (κ2) is 9.70. The van der Waals surface area contributed by atoms with E-state index < -0.39 is 0 Å². The maximum Gasteiger partial charge on any atom is 0.256 e. The molecule has 3 aliphatic rings. The van der Waals surface area contributed by atoms with Gasteiger partial charge in [0.15, 0.2) is 0 Å². The molecule has 0 unspecified atom stereocenters. The topological polar surface area (TPSA) is 90.4 Å². The summed E-state index contributed by atoms with van der Waals surface area (Å²) in [5.41, 5.74) is 2.99. The van der Waals surface area contributed by atoms with Crippen molar-refractivity contribution in [1.82, 2.24) is 15.3 Å². The highest BCUT2D eigenvalue weighted by molar-refractivity contribution is 6.31. The fourth-order valence-corrected chi connectivity index (χ4v) is 5.33. The number of aryl methyl sites for hydroxylation is 1. The zero-order valence-electron chi connectivity index (χ0n) is 19.8. The van der Waals surface area contributed by atoms with Gasteiger partial charge in [-0.25, -0.2) is 4.98 Å². The highest BCUT2D eigenvalue weighted by Crippen LogP contribution is 2.53. The van der Waals surface area contributed by atoms with Gasteiger partial charge in [0, 0.05) is 37.4 Å². The standard InChI is InChI=1S/C26H34ClN5O2/c1-17-2-3-19(12-22(17)27)14-28-23-21(24(34)29-13-18-4-6-20(33)7-5-18)15-30-25(31-23)32-11-10-26(16-32)8-9-26/h2-3,12,15,18,20,33H,4-11,13-14,16H2,1H3,(H,29,34)(H,28,30,31). The summed E-state index contributed by atoms with van der Waals surface area (Å²) in [6.45, 7) is 5.07. The molecule has 8 heteroatoms. The SMILES string of the molecule is Cc1ccc(CNc2nc(N3CCC4(CC4)C3)ncc2C(=O)NCC2CCC(O)CC2)cc1Cl. The van der Waals surface area contributed by atoms with Crippen molar-refractivity contribution < 1.29 is 9.90 Å². The van der Waals surface area contributed by atoms with Crippen molar-refractivity contribution in [3.8, 4) is 0 Å². The van der Waals surface area contributed by atoms with Gasteiger partial charge in [-0.1, -0.05) is 23.7 Å². The third-order valence-electron chi connectivity index (χ3n) is 7.76. The van der Waals surface area contributed by atoms with Crippen LogP contribution in [-0.2, 0) is 6.54 Å². The Balaban J connectivity index is 1.31. The number of aliphatic hydroxyl groups is 1. The number of rotatable bonds is 7. The summed E-state index contributed by atoms with van der Waals surface area (Å²) in [5, 5.41) is 16.9. The smallest absolute Gasteiger partial charge is 0.256 e. The largest absolute Gasteiger partial charge is 0.393 e. The van der Waals surface area contributed by atoms with Crippen molar-refractivity contribution in [3.05, 3.63) is 46.1 Å². The molecule has 182 valence electrons. The van der Waals surface area contributed by atoms with Gasteiger partial charge in [0.25, 0.3) is 5.91 Å². The Morgan fingerprint density at radius 2 is 2.03 bits per heavy atom. The van der Waals surface area contributed by atoms with Crippen molar-refractivity contribution in [1.29, 1.82) is 0 Å². The summed E-state index contributed by atoms with van der Waals surface area (Å²) in [5.74, 6) is 1.47. The maximum atomic E-state index is 13.1. The van der Waals surface area contributed by atoms with Crippen molar-refractivity contribution in [2.45, 2.75) is 64.5 Å². The van der Waals surface area contributed by atoms with Crippen LogP contribution < -0.4 is 15.5 Å². The van der Waals surface area contributed by atoms with E-state index in [-0.39, 0.29) is 12.0 Å². The summed E-state index contributed by atoms with van der Waals surface area (Å²) >= 11 is 6.31. The number of nitrogens with one attached hydrogen (secondary N) is 2. The summed E-state index contributed by atoms with van der Waals surface area (Å²) < 4.78 is 0. The molecule has 1 spiro atoms. The van der Waals surface area contributed by atoms with Gasteiger partial charge in [0.1, 0.15) is 11.4 Å². The molecule has 34 heavy (non-hydrogen) atoms. The third kappa shape index (κ3) is 5.31. The normalized spacial score (nSPS) is 23.2. The number of aliphatic hydroxyl groups excluding tert-OH is 1. The Kier molecular flexibility index (Phi) is 6.67. The van der Waals surface area contributed by atoms with Gasteiger partial charge in [0.05, 0.1) is 6.10 Å². The van der Waals surface area contributed by atoms with E-state index in [9.17, 15) is 9.90 Å². The van der Waals surface area contributed by atoms with Crippen molar-refractivity contribution in [3.63, 3.8) is 0 Å². The van der Waals surface area contributed by atoms with Gasteiger partial charge < -0.3 is 20.6 Å². The van der Waals surface area contributed by atoms with Crippen LogP contribution in [0.25, 0.3) is 0 Å². The first-order valence-electron chi connectivity index (χ1n) is 12.5. The van der Waals surface area contributed by atoms with Gasteiger partial charge >= 0.3 is 0 Å². The van der Waals surface area contributed by atoms with E-state index >= 15 is 0 Å². The Morgan fingerprint density at radius 3 is 2.74 bits per heavy atom. The first-order valence-corrected chi connectivity index (χ1v) is 12.9. The minimum atomic E-state index is -0.195. The summed E-state index contributed by atoms with van der Waals surface area (Å²) in [6, 6.07) is 5.98. The summed E-state index contributed by atoms with van der Waals surface area (Å²) in [7, 11) is 0. The number of carbonyl (C=O) groups is 1. The number of hydrogen-bond donors (Lipinski definition) is 3. The maximum absolute atomic E-state index is 13.1. The van der Waals surface area contributed by atoms with Crippen LogP contribution in [0.5, 0.6) is 0 Å². The molecule has 1 aliphatic heterocycles. The van der Waals surface area contributed by atoms with Crippen molar-refractivity contribution in [2.24, 2.45) is 11.3 Å². The van der Waals surface area contributed by atoms with Crippen LogP contribution in [0.15, 0.2) is 24.4 Å². The number of aromatic nitrogens is 2. The zero-order chi connectivity index (χ0) is 23.7. The Bertz CT molecular complexity index is 1050. The van der Waals surface area contributed by atoms with E-state index in [1.165, 1.54) is 19.3 Å². The van der Waals surface area contributed by atoms with Crippen LogP contribution in [0.3, 0.4) is 0 Å². The molecule has 0 bridgehead atoms. The van der Waals surface area contributed by atoms with E-state index in [1.54, 1.807) is 6.20 Å². The quantitative estimate of drug-likeness (QED) is 0.543. The van der Waals surface area contributed by atoms with Crippen LogP contribution in [0, 0.1) is 18.3 Å². The second-order valence-corrected chi connectivity index (χ2v) is 10.8. The molecule has 3 fully saturated rings. The third-order valence-corrected chi connectivity index (χ3v) is 8.17. The van der Waals surface area contributed by atoms with Gasteiger partial charge in [0.2, 0.25) is 5.95 Å². The Hall–Kier alpha value is -2.38. The number of carbonyl (C=O) groups excluding carboxylic acids is 1. The molecular formula is C26H34ClN5O2. The lowest BCUT2D eigenvalue weighted by Crippen LogP contribution is -2.33. The molecule has 2 saturated carbocycles. The molecule has 2 aromatic rings. The number of amides is 1. The Labute approximate surface area is 206 Å². The lowest BCUT2D eigenvalue weighted by Gasteiger charge is -2.25.